The van der Waals surface area contributed by atoms with Gasteiger partial charge in [-0.25, -0.2) is 19.9 Å². The van der Waals surface area contributed by atoms with E-state index in [1.807, 2.05) is 6.92 Å². The molecule has 7 nitrogen and oxygen atoms in total. The van der Waals surface area contributed by atoms with Gasteiger partial charge in [0.15, 0.2) is 0 Å². The molecule has 20 heavy (non-hydrogen) atoms. The molecule has 0 spiro atoms. The van der Waals surface area contributed by atoms with Gasteiger partial charge in [-0.1, -0.05) is 6.92 Å². The van der Waals surface area contributed by atoms with Crippen LogP contribution < -0.4 is 10.6 Å². The second-order valence-corrected chi connectivity index (χ2v) is 3.99. The van der Waals surface area contributed by atoms with Gasteiger partial charge >= 0.3 is 0 Å². The zero-order valence-corrected chi connectivity index (χ0v) is 11.2. The van der Waals surface area contributed by atoms with Crippen molar-refractivity contribution in [1.29, 1.82) is 0 Å². The topological polar surface area (TPSA) is 92.7 Å². The van der Waals surface area contributed by atoms with Gasteiger partial charge in [0.05, 0.1) is 11.3 Å². The molecular weight excluding hydrogens is 256 g/mol. The molecule has 2 rings (SSSR count). The predicted octanol–water partition coefficient (Wildman–Crippen LogP) is 0.671. The molecule has 2 aromatic heterocycles. The van der Waals surface area contributed by atoms with E-state index >= 15 is 0 Å². The van der Waals surface area contributed by atoms with Crippen LogP contribution >= 0.6 is 0 Å². The van der Waals surface area contributed by atoms with Gasteiger partial charge in [-0.05, 0) is 12.5 Å². The van der Waals surface area contributed by atoms with Crippen molar-refractivity contribution in [2.24, 2.45) is 0 Å². The molecule has 7 heteroatoms. The summed E-state index contributed by atoms with van der Waals surface area (Å²) in [5, 5.41) is 5.82. The molecule has 0 saturated carbocycles. The van der Waals surface area contributed by atoms with Crippen LogP contribution in [0.4, 0.5) is 5.95 Å². The molecule has 104 valence electrons. The summed E-state index contributed by atoms with van der Waals surface area (Å²) >= 11 is 0. The van der Waals surface area contributed by atoms with Crippen molar-refractivity contribution < 1.29 is 4.79 Å². The first kappa shape index (κ1) is 13.9. The van der Waals surface area contributed by atoms with Crippen LogP contribution in [-0.2, 0) is 6.42 Å². The minimum atomic E-state index is -0.168. The van der Waals surface area contributed by atoms with Crippen LogP contribution in [0.1, 0.15) is 23.0 Å². The molecule has 2 heterocycles. The highest BCUT2D eigenvalue weighted by Crippen LogP contribution is 2.03. The summed E-state index contributed by atoms with van der Waals surface area (Å²) < 4.78 is 0. The third kappa shape index (κ3) is 3.71. The van der Waals surface area contributed by atoms with Gasteiger partial charge in [0.2, 0.25) is 5.95 Å². The Morgan fingerprint density at radius 1 is 1.20 bits per heavy atom. The number of amides is 1. The molecule has 0 aliphatic carbocycles. The van der Waals surface area contributed by atoms with Crippen molar-refractivity contribution in [3.8, 4) is 0 Å². The first-order valence-electron chi connectivity index (χ1n) is 6.39. The quantitative estimate of drug-likeness (QED) is 0.751. The standard InChI is InChI=1S/C13H16N6O/c1-2-11-10(8-14-9-19-11)12(20)15-6-7-18-13-16-4-3-5-17-13/h3-5,8-9H,2,6-7H2,1H3,(H,15,20)(H,16,17,18). The Kier molecular flexibility index (Phi) is 4.94. The average molecular weight is 272 g/mol. The Morgan fingerprint density at radius 3 is 2.75 bits per heavy atom. The summed E-state index contributed by atoms with van der Waals surface area (Å²) in [7, 11) is 0. The van der Waals surface area contributed by atoms with Crippen LogP contribution in [0.3, 0.4) is 0 Å². The van der Waals surface area contributed by atoms with E-state index in [2.05, 4.69) is 30.6 Å². The molecule has 0 aliphatic rings. The summed E-state index contributed by atoms with van der Waals surface area (Å²) in [5.41, 5.74) is 1.27. The van der Waals surface area contributed by atoms with Crippen LogP contribution in [0.15, 0.2) is 31.0 Å². The molecule has 0 unspecified atom stereocenters. The minimum Gasteiger partial charge on any atom is -0.352 e. The maximum atomic E-state index is 12.0. The molecule has 0 fully saturated rings. The highest BCUT2D eigenvalue weighted by Gasteiger charge is 2.10. The van der Waals surface area contributed by atoms with Gasteiger partial charge in [0, 0.05) is 31.7 Å². The molecule has 0 saturated heterocycles. The van der Waals surface area contributed by atoms with E-state index in [1.54, 1.807) is 18.5 Å². The molecule has 2 N–H and O–H groups in total. The molecular formula is C13H16N6O. The second kappa shape index (κ2) is 7.13. The summed E-state index contributed by atoms with van der Waals surface area (Å²) in [6, 6.07) is 1.74. The number of aromatic nitrogens is 4. The maximum absolute atomic E-state index is 12.0. The molecule has 0 atom stereocenters. The van der Waals surface area contributed by atoms with Crippen LogP contribution in [0.25, 0.3) is 0 Å². The number of carbonyl (C=O) groups is 1. The van der Waals surface area contributed by atoms with E-state index in [4.69, 9.17) is 0 Å². The van der Waals surface area contributed by atoms with Crippen molar-refractivity contribution in [2.75, 3.05) is 18.4 Å². The monoisotopic (exact) mass is 272 g/mol. The van der Waals surface area contributed by atoms with Crippen molar-refractivity contribution >= 4 is 11.9 Å². The van der Waals surface area contributed by atoms with Crippen LogP contribution in [0.5, 0.6) is 0 Å². The van der Waals surface area contributed by atoms with Crippen molar-refractivity contribution in [2.45, 2.75) is 13.3 Å². The fraction of sp³-hybridized carbons (Fsp3) is 0.308. The van der Waals surface area contributed by atoms with E-state index in [0.29, 0.717) is 31.0 Å². The molecule has 0 bridgehead atoms. The first-order valence-corrected chi connectivity index (χ1v) is 6.39. The van der Waals surface area contributed by atoms with Gasteiger partial charge in [0.25, 0.3) is 5.91 Å². The van der Waals surface area contributed by atoms with E-state index in [-0.39, 0.29) is 5.91 Å². The van der Waals surface area contributed by atoms with Crippen LogP contribution in [-0.4, -0.2) is 38.9 Å². The fourth-order valence-electron chi connectivity index (χ4n) is 1.66. The SMILES string of the molecule is CCc1ncncc1C(=O)NCCNc1ncccn1. The third-order valence-electron chi connectivity index (χ3n) is 2.63. The lowest BCUT2D eigenvalue weighted by Crippen LogP contribution is -2.30. The first-order chi connectivity index (χ1) is 9.81. The van der Waals surface area contributed by atoms with Crippen molar-refractivity contribution in [3.63, 3.8) is 0 Å². The Labute approximate surface area is 116 Å². The van der Waals surface area contributed by atoms with Crippen molar-refractivity contribution in [3.05, 3.63) is 42.2 Å². The summed E-state index contributed by atoms with van der Waals surface area (Å²) in [6.07, 6.45) is 6.99. The Morgan fingerprint density at radius 2 is 2.00 bits per heavy atom. The zero-order chi connectivity index (χ0) is 14.2. The number of hydrogen-bond acceptors (Lipinski definition) is 6. The number of carbonyl (C=O) groups excluding carboxylic acids is 1. The second-order valence-electron chi connectivity index (χ2n) is 3.99. The largest absolute Gasteiger partial charge is 0.352 e. The van der Waals surface area contributed by atoms with Gasteiger partial charge in [0.1, 0.15) is 6.33 Å². The number of hydrogen-bond donors (Lipinski definition) is 2. The number of nitrogens with zero attached hydrogens (tertiary/aromatic N) is 4. The Hall–Kier alpha value is -2.57. The summed E-state index contributed by atoms with van der Waals surface area (Å²) in [5.74, 6) is 0.372. The van der Waals surface area contributed by atoms with Crippen LogP contribution in [0, 0.1) is 0 Å². The lowest BCUT2D eigenvalue weighted by atomic mass is 10.2. The molecule has 1 amide bonds. The van der Waals surface area contributed by atoms with Crippen LogP contribution in [0.2, 0.25) is 0 Å². The van der Waals surface area contributed by atoms with E-state index in [9.17, 15) is 4.79 Å². The third-order valence-corrected chi connectivity index (χ3v) is 2.63. The molecule has 2 aromatic rings. The predicted molar refractivity (Wildman–Crippen MR) is 74.3 cm³/mol. The van der Waals surface area contributed by atoms with Gasteiger partial charge in [-0.3, -0.25) is 4.79 Å². The zero-order valence-electron chi connectivity index (χ0n) is 11.2. The highest BCUT2D eigenvalue weighted by atomic mass is 16.1. The van der Waals surface area contributed by atoms with E-state index in [0.717, 1.165) is 5.69 Å². The average Bonchev–Trinajstić information content (AvgIpc) is 2.52. The van der Waals surface area contributed by atoms with E-state index < -0.39 is 0 Å². The summed E-state index contributed by atoms with van der Waals surface area (Å²) in [6.45, 7) is 2.97. The van der Waals surface area contributed by atoms with Gasteiger partial charge < -0.3 is 10.6 Å². The normalized spacial score (nSPS) is 10.1. The molecule has 0 aliphatic heterocycles. The number of aryl methyl sites for hydroxylation is 1. The van der Waals surface area contributed by atoms with Crippen molar-refractivity contribution in [1.82, 2.24) is 25.3 Å². The lowest BCUT2D eigenvalue weighted by Gasteiger charge is -2.08. The molecule has 0 aromatic carbocycles. The van der Waals surface area contributed by atoms with Gasteiger partial charge in [-0.2, -0.15) is 0 Å². The molecule has 0 radical (unpaired) electrons. The smallest absolute Gasteiger partial charge is 0.254 e. The summed E-state index contributed by atoms with van der Waals surface area (Å²) in [4.78, 5) is 28.0. The fourth-order valence-corrected chi connectivity index (χ4v) is 1.66. The number of nitrogens with one attached hydrogen (secondary N) is 2. The van der Waals surface area contributed by atoms with E-state index in [1.165, 1.54) is 12.5 Å². The highest BCUT2D eigenvalue weighted by molar-refractivity contribution is 5.94. The minimum absolute atomic E-state index is 0.168. The van der Waals surface area contributed by atoms with Gasteiger partial charge in [-0.15, -0.1) is 0 Å². The Balaban J connectivity index is 1.81. The maximum Gasteiger partial charge on any atom is 0.254 e. The number of anilines is 1. The Bertz CT molecular complexity index is 560. The number of rotatable bonds is 6. The lowest BCUT2D eigenvalue weighted by molar-refractivity contribution is 0.0953.